The lowest BCUT2D eigenvalue weighted by Crippen LogP contribution is -2.50. The van der Waals surface area contributed by atoms with E-state index in [0.29, 0.717) is 69.5 Å². The van der Waals surface area contributed by atoms with Gasteiger partial charge in [-0.1, -0.05) is 191 Å². The average molecular weight is 1990 g/mol. The van der Waals surface area contributed by atoms with Crippen molar-refractivity contribution in [3.05, 3.63) is 36.5 Å². The second kappa shape index (κ2) is 127. The molecule has 0 aliphatic heterocycles. The van der Waals surface area contributed by atoms with Crippen LogP contribution in [-0.4, -0.2) is 285 Å². The number of hydrogen-bond acceptors (Lipinski definition) is 33. The molecule has 39 heteroatoms. The molecule has 6 amide bonds. The number of carbonyl (C=O) groups is 9. The molecule has 0 spiro atoms. The number of esters is 3. The molecule has 137 heavy (non-hydrogen) atoms. The summed E-state index contributed by atoms with van der Waals surface area (Å²) in [6.45, 7) is 78.2. The van der Waals surface area contributed by atoms with Gasteiger partial charge in [-0.15, -0.1) is 0 Å². The highest BCUT2D eigenvalue weighted by atomic mass is 16.6. The van der Waals surface area contributed by atoms with Crippen LogP contribution in [0.1, 0.15) is 319 Å². The van der Waals surface area contributed by atoms with Gasteiger partial charge in [0.1, 0.15) is 32.5 Å². The molecular weight excluding hydrogens is 1780 g/mol. The molecular formula is C98H205N9O30. The molecule has 3 aliphatic carbocycles. The largest absolute Gasteiger partial charge is 0.460 e. The fraction of sp³-hybridized carbons (Fsp3) is 0.816. The number of methoxy groups -OCH3 is 1. The Morgan fingerprint density at radius 2 is 0.620 bits per heavy atom. The topological polar surface area (TPSA) is 586 Å². The minimum absolute atomic E-state index is 0. The third-order valence-corrected chi connectivity index (χ3v) is 14.3. The smallest absolute Gasteiger partial charge is 0.407 e. The summed E-state index contributed by atoms with van der Waals surface area (Å²) in [5, 5.41) is 99.2. The number of amides is 6. The summed E-state index contributed by atoms with van der Waals surface area (Å²) in [5.41, 5.74) is 1.05. The highest BCUT2D eigenvalue weighted by Crippen LogP contribution is 2.48. The second-order valence-corrected chi connectivity index (χ2v) is 32.1. The highest BCUT2D eigenvalue weighted by Gasteiger charge is 2.45. The van der Waals surface area contributed by atoms with E-state index in [4.69, 9.17) is 89.6 Å². The van der Waals surface area contributed by atoms with Crippen LogP contribution in [-0.2, 0) is 71.3 Å². The number of alkyl carbamates (subject to hydrolysis) is 6. The number of rotatable bonds is 26. The summed E-state index contributed by atoms with van der Waals surface area (Å²) in [6, 6.07) is 0.105. The summed E-state index contributed by atoms with van der Waals surface area (Å²) in [7, 11) is 5.26. The van der Waals surface area contributed by atoms with Crippen LogP contribution < -0.4 is 31.9 Å². The number of ether oxygens (including phenoxy) is 11. The molecule has 3 aliphatic rings. The summed E-state index contributed by atoms with van der Waals surface area (Å²) < 4.78 is 52.6. The van der Waals surface area contributed by atoms with Crippen molar-refractivity contribution in [2.24, 2.45) is 37.5 Å². The summed E-state index contributed by atoms with van der Waals surface area (Å²) in [6.07, 6.45) is 16.4. The van der Waals surface area contributed by atoms with Crippen molar-refractivity contribution in [3.8, 4) is 12.5 Å². The van der Waals surface area contributed by atoms with Gasteiger partial charge < -0.3 is 130 Å². The van der Waals surface area contributed by atoms with E-state index >= 15 is 0 Å². The predicted octanol–water partition coefficient (Wildman–Crippen LogP) is 16.6. The Hall–Kier alpha value is -9.15. The first kappa shape index (κ1) is 170. The number of aliphatic hydroxyl groups is 9. The fourth-order valence-corrected chi connectivity index (χ4v) is 11.8. The third-order valence-electron chi connectivity index (χ3n) is 14.3. The lowest BCUT2D eigenvalue weighted by atomic mass is 9.62. The van der Waals surface area contributed by atoms with Gasteiger partial charge in [0.2, 0.25) is 6.08 Å². The molecule has 0 aromatic rings. The van der Waals surface area contributed by atoms with Gasteiger partial charge in [-0.25, -0.2) is 52.9 Å². The standard InChI is InChI=1S/2C16H30N2O4.C12H18N2O2.C9H15NO4.C8H13NO4.C7H9NO3.5C3H8.5C2H6O.4CH4O.CH4/c2*1-6-21-13(19)17-11-16(5)9-12(8-15(3,4)10-16)18-14(20)22-7-2;1-11(2)4-10(16-9-14)5-12(3,6-11)7-15-8-13;1-4-13-9(12)10-5-6-14-8(11)7(2)3;1-6(2)7(10)13-5-4-9-8(11)12-3;1-6(2)7(10)11-4-3-8-5-9;5*1-3-2;5*1-2-3;4*1-2;/h2*12H,6-11H2,1-5H3,(H,17,19)(H,18,20);10H,4-7H2,1-3H3;2,4-6H2,1,3H3,(H,10,12);1,4-5H2,2-3H3,(H,9,11);1,3-4H2,2H3;5*3H2,1-2H3;5*3H,2H2,1H3;4*2H,1H3;1H4. The van der Waals surface area contributed by atoms with E-state index < -0.39 is 30.1 Å². The molecule has 0 aromatic carbocycles. The summed E-state index contributed by atoms with van der Waals surface area (Å²) >= 11 is 0. The number of aliphatic hydroxyl groups excluding tert-OH is 9. The van der Waals surface area contributed by atoms with E-state index in [1.807, 2.05) is 0 Å². The van der Waals surface area contributed by atoms with Crippen LogP contribution in [0.3, 0.4) is 0 Å². The number of nitrogens with zero attached hydrogens (tertiary/aromatic N) is 3. The second-order valence-electron chi connectivity index (χ2n) is 32.1. The minimum atomic E-state index is -0.550. The van der Waals surface area contributed by atoms with Crippen molar-refractivity contribution in [3.63, 3.8) is 0 Å². The molecule has 3 rings (SSSR count). The lowest BCUT2D eigenvalue weighted by Gasteiger charge is -2.46. The zero-order chi connectivity index (χ0) is 111. The maximum atomic E-state index is 11.7. The van der Waals surface area contributed by atoms with Crippen molar-refractivity contribution >= 4 is 60.5 Å². The number of nitriles is 2. The Kier molecular flexibility index (Phi) is 158. The van der Waals surface area contributed by atoms with Crippen LogP contribution in [0.25, 0.3) is 0 Å². The molecule has 39 nitrogen and oxygen atoms in total. The molecule has 6 unspecified atom stereocenters. The van der Waals surface area contributed by atoms with Crippen LogP contribution in [0.2, 0.25) is 0 Å². The van der Waals surface area contributed by atoms with E-state index in [9.17, 15) is 47.9 Å². The Balaban J connectivity index is -0.0000000726. The average Bonchev–Trinajstić information content (AvgIpc) is 0.804. The van der Waals surface area contributed by atoms with Crippen molar-refractivity contribution in [1.29, 1.82) is 10.5 Å². The number of isocyanates is 1. The lowest BCUT2D eigenvalue weighted by molar-refractivity contribution is -0.139. The van der Waals surface area contributed by atoms with E-state index in [0.717, 1.165) is 86.2 Å². The van der Waals surface area contributed by atoms with E-state index in [1.165, 1.54) is 45.3 Å². The van der Waals surface area contributed by atoms with Gasteiger partial charge in [-0.3, -0.25) is 0 Å². The molecule has 0 saturated heterocycles. The minimum Gasteiger partial charge on any atom is -0.460 e. The van der Waals surface area contributed by atoms with E-state index in [1.54, 1.807) is 103 Å². The monoisotopic (exact) mass is 1990 g/mol. The van der Waals surface area contributed by atoms with Gasteiger partial charge in [-0.05, 0) is 175 Å². The van der Waals surface area contributed by atoms with E-state index in [2.05, 4.69) is 207 Å². The van der Waals surface area contributed by atoms with Crippen molar-refractivity contribution in [2.75, 3.05) is 161 Å². The van der Waals surface area contributed by atoms with Gasteiger partial charge in [0, 0.05) is 109 Å². The van der Waals surface area contributed by atoms with Gasteiger partial charge in [-0.2, -0.15) is 10.5 Å². The first-order chi connectivity index (χ1) is 63.8. The van der Waals surface area contributed by atoms with Crippen molar-refractivity contribution in [1.82, 2.24) is 31.9 Å². The van der Waals surface area contributed by atoms with Crippen LogP contribution >= 0.6 is 0 Å². The molecule has 822 valence electrons. The normalized spacial score (nSPS) is 16.3. The molecule has 0 bridgehead atoms. The SMILES string of the molecule is C.C=C(C)C(=O)OCCN=C=O.C=C(C)C(=O)OCCNC(=O)OC.C=C(C)C(=O)OCCNC(=O)OCC.CC1(C)CC(OC#N)CC(C)(COC#N)C1.CCC.CCC.CCC.CCC.CCC.CCO.CCO.CCO.CCO.CCO.CCOC(=O)NCC1(C)CC(NC(=O)OCC)CC(C)(C)C1.CCOC(=O)NCC1(C)CC(NC(=O)OCC)CC(C)(C)C1.CO.CO.CO.CO. The van der Waals surface area contributed by atoms with Gasteiger partial charge >= 0.3 is 54.5 Å². The van der Waals surface area contributed by atoms with Crippen molar-refractivity contribution < 1.29 is 146 Å². The number of carbonyl (C=O) groups excluding carboxylic acids is 10. The number of nitrogens with one attached hydrogen (secondary N) is 6. The quantitative estimate of drug-likeness (QED) is 0.00727. The Bertz CT molecular complexity index is 2770. The van der Waals surface area contributed by atoms with Crippen LogP contribution in [0, 0.1) is 55.5 Å². The summed E-state index contributed by atoms with van der Waals surface area (Å²) in [5.74, 6) is -1.39. The maximum absolute atomic E-state index is 11.7. The predicted molar refractivity (Wildman–Crippen MR) is 546 cm³/mol. The van der Waals surface area contributed by atoms with Crippen LogP contribution in [0.15, 0.2) is 41.4 Å². The molecule has 3 fully saturated rings. The zero-order valence-corrected chi connectivity index (χ0v) is 91.6. The maximum Gasteiger partial charge on any atom is 0.407 e. The van der Waals surface area contributed by atoms with E-state index in [-0.39, 0.29) is 155 Å². The molecule has 0 radical (unpaired) electrons. The van der Waals surface area contributed by atoms with Gasteiger partial charge in [0.25, 0.3) is 12.5 Å². The first-order valence-electron chi connectivity index (χ1n) is 46.6. The number of hydrogen-bond donors (Lipinski definition) is 15. The zero-order valence-electron chi connectivity index (χ0n) is 91.6. The number of aliphatic imine (C=N–C) groups is 1. The Labute approximate surface area is 829 Å². The molecule has 0 heterocycles. The van der Waals surface area contributed by atoms with Gasteiger partial charge in [0.05, 0.1) is 59.8 Å². The molecule has 0 aromatic heterocycles. The van der Waals surface area contributed by atoms with Crippen molar-refractivity contribution in [2.45, 2.75) is 337 Å². The fourth-order valence-electron chi connectivity index (χ4n) is 11.8. The molecule has 6 atom stereocenters. The third kappa shape index (κ3) is 147. The van der Waals surface area contributed by atoms with Crippen LogP contribution in [0.4, 0.5) is 28.8 Å². The Morgan fingerprint density at radius 1 is 0.372 bits per heavy atom. The van der Waals surface area contributed by atoms with Crippen LogP contribution in [0.5, 0.6) is 0 Å². The Morgan fingerprint density at radius 3 is 0.869 bits per heavy atom. The highest BCUT2D eigenvalue weighted by molar-refractivity contribution is 5.87. The molecule has 15 N–H and O–H groups in total. The van der Waals surface area contributed by atoms with Gasteiger partial charge in [0.15, 0.2) is 0 Å². The molecule has 3 saturated carbocycles. The first-order valence-corrected chi connectivity index (χ1v) is 46.6. The summed E-state index contributed by atoms with van der Waals surface area (Å²) in [4.78, 5) is 113.